The Morgan fingerprint density at radius 3 is 3.17 bits per heavy atom. The van der Waals surface area contributed by atoms with E-state index >= 15 is 0 Å². The van der Waals surface area contributed by atoms with Gasteiger partial charge in [0.1, 0.15) is 11.5 Å². The van der Waals surface area contributed by atoms with E-state index in [2.05, 4.69) is 10.5 Å². The van der Waals surface area contributed by atoms with Crippen LogP contribution < -0.4 is 5.32 Å². The Hall–Kier alpha value is -0.870. The number of hydrogen-bond acceptors (Lipinski definition) is 4. The molecule has 1 aromatic heterocycles. The van der Waals surface area contributed by atoms with Crippen molar-refractivity contribution in [3.8, 4) is 0 Å². The van der Waals surface area contributed by atoms with Gasteiger partial charge in [0.2, 0.25) is 0 Å². The molecule has 12 heavy (non-hydrogen) atoms. The van der Waals surface area contributed by atoms with Gasteiger partial charge in [-0.15, -0.1) is 0 Å². The number of nitrogens with one attached hydrogen (secondary N) is 1. The third kappa shape index (κ3) is 1.49. The van der Waals surface area contributed by atoms with Gasteiger partial charge < -0.3 is 14.6 Å². The fraction of sp³-hybridized carbons (Fsp3) is 0.625. The molecule has 4 nitrogen and oxygen atoms in total. The van der Waals surface area contributed by atoms with Crippen molar-refractivity contribution in [2.75, 3.05) is 19.8 Å². The lowest BCUT2D eigenvalue weighted by molar-refractivity contribution is 0.0745. The molecular weight excluding hydrogens is 156 g/mol. The quantitative estimate of drug-likeness (QED) is 0.668. The van der Waals surface area contributed by atoms with Crippen molar-refractivity contribution in [1.29, 1.82) is 0 Å². The summed E-state index contributed by atoms with van der Waals surface area (Å²) in [5, 5.41) is 7.22. The number of rotatable bonds is 1. The Balaban J connectivity index is 2.08. The monoisotopic (exact) mass is 168 g/mol. The van der Waals surface area contributed by atoms with Crippen LogP contribution in [0.3, 0.4) is 0 Å². The van der Waals surface area contributed by atoms with Crippen molar-refractivity contribution >= 4 is 0 Å². The van der Waals surface area contributed by atoms with E-state index in [1.54, 1.807) is 0 Å². The summed E-state index contributed by atoms with van der Waals surface area (Å²) in [5.41, 5.74) is 0.937. The van der Waals surface area contributed by atoms with E-state index in [4.69, 9.17) is 9.26 Å². The molecule has 2 heterocycles. The SMILES string of the molecule is Cc1cc(C2COCCN2)no1. The molecule has 0 spiro atoms. The smallest absolute Gasteiger partial charge is 0.133 e. The summed E-state index contributed by atoms with van der Waals surface area (Å²) >= 11 is 0. The molecule has 1 aromatic rings. The largest absolute Gasteiger partial charge is 0.378 e. The zero-order valence-electron chi connectivity index (χ0n) is 7.04. The van der Waals surface area contributed by atoms with Gasteiger partial charge in [0, 0.05) is 12.6 Å². The molecule has 1 aliphatic rings. The second kappa shape index (κ2) is 3.25. The molecule has 1 atom stereocenters. The van der Waals surface area contributed by atoms with E-state index in [0.29, 0.717) is 6.61 Å². The third-order valence-corrected chi connectivity index (χ3v) is 1.92. The van der Waals surface area contributed by atoms with Crippen LogP contribution in [0.2, 0.25) is 0 Å². The lowest BCUT2D eigenvalue weighted by Crippen LogP contribution is -2.34. The first-order valence-corrected chi connectivity index (χ1v) is 4.10. The van der Waals surface area contributed by atoms with Crippen molar-refractivity contribution in [3.05, 3.63) is 17.5 Å². The highest BCUT2D eigenvalue weighted by Crippen LogP contribution is 2.14. The second-order valence-electron chi connectivity index (χ2n) is 2.94. The molecule has 0 radical (unpaired) electrons. The molecular formula is C8H12N2O2. The summed E-state index contributed by atoms with van der Waals surface area (Å²) in [6, 6.07) is 2.14. The van der Waals surface area contributed by atoms with Gasteiger partial charge in [-0.3, -0.25) is 0 Å². The summed E-state index contributed by atoms with van der Waals surface area (Å²) in [6.07, 6.45) is 0. The number of aromatic nitrogens is 1. The van der Waals surface area contributed by atoms with E-state index in [1.165, 1.54) is 0 Å². The lowest BCUT2D eigenvalue weighted by Gasteiger charge is -2.21. The van der Waals surface area contributed by atoms with E-state index in [1.807, 2.05) is 13.0 Å². The minimum absolute atomic E-state index is 0.205. The first-order valence-electron chi connectivity index (χ1n) is 4.10. The fourth-order valence-electron chi connectivity index (χ4n) is 1.31. The minimum atomic E-state index is 0.205. The highest BCUT2D eigenvalue weighted by molar-refractivity contribution is 5.09. The van der Waals surface area contributed by atoms with Gasteiger partial charge in [-0.1, -0.05) is 5.16 Å². The Kier molecular flexibility index (Phi) is 2.10. The summed E-state index contributed by atoms with van der Waals surface area (Å²) < 4.78 is 10.3. The fourth-order valence-corrected chi connectivity index (χ4v) is 1.31. The van der Waals surface area contributed by atoms with Gasteiger partial charge in [0.05, 0.1) is 19.3 Å². The van der Waals surface area contributed by atoms with Crippen LogP contribution in [0.25, 0.3) is 0 Å². The highest BCUT2D eigenvalue weighted by Gasteiger charge is 2.17. The average molecular weight is 168 g/mol. The van der Waals surface area contributed by atoms with Gasteiger partial charge >= 0.3 is 0 Å². The molecule has 4 heteroatoms. The molecule has 66 valence electrons. The number of aryl methyl sites for hydroxylation is 1. The maximum atomic E-state index is 5.30. The van der Waals surface area contributed by atoms with Gasteiger partial charge in [-0.05, 0) is 6.92 Å². The molecule has 1 saturated heterocycles. The van der Waals surface area contributed by atoms with Crippen LogP contribution in [0.1, 0.15) is 17.5 Å². The van der Waals surface area contributed by atoms with Crippen molar-refractivity contribution in [3.63, 3.8) is 0 Å². The van der Waals surface area contributed by atoms with Crippen LogP contribution >= 0.6 is 0 Å². The molecule has 0 aliphatic carbocycles. The molecule has 0 amide bonds. The van der Waals surface area contributed by atoms with E-state index in [9.17, 15) is 0 Å². The van der Waals surface area contributed by atoms with Crippen molar-refractivity contribution in [2.45, 2.75) is 13.0 Å². The lowest BCUT2D eigenvalue weighted by atomic mass is 10.2. The predicted molar refractivity (Wildman–Crippen MR) is 42.8 cm³/mol. The maximum Gasteiger partial charge on any atom is 0.133 e. The molecule has 0 saturated carbocycles. The first kappa shape index (κ1) is 7.76. The molecule has 1 fully saturated rings. The molecule has 0 bridgehead atoms. The number of nitrogens with zero attached hydrogens (tertiary/aromatic N) is 1. The summed E-state index contributed by atoms with van der Waals surface area (Å²) in [5.74, 6) is 0.845. The van der Waals surface area contributed by atoms with Crippen LogP contribution in [0, 0.1) is 6.92 Å². The van der Waals surface area contributed by atoms with Crippen LogP contribution in [-0.2, 0) is 4.74 Å². The normalized spacial score (nSPS) is 24.2. The van der Waals surface area contributed by atoms with E-state index < -0.39 is 0 Å². The van der Waals surface area contributed by atoms with Gasteiger partial charge in [0.25, 0.3) is 0 Å². The second-order valence-corrected chi connectivity index (χ2v) is 2.94. The Labute approximate surface area is 70.9 Å². The highest BCUT2D eigenvalue weighted by atomic mass is 16.5. The topological polar surface area (TPSA) is 47.3 Å². The van der Waals surface area contributed by atoms with E-state index in [-0.39, 0.29) is 6.04 Å². The number of ether oxygens (including phenoxy) is 1. The molecule has 1 aliphatic heterocycles. The molecule has 2 rings (SSSR count). The third-order valence-electron chi connectivity index (χ3n) is 1.92. The number of hydrogen-bond donors (Lipinski definition) is 1. The standard InChI is InChI=1S/C8H12N2O2/c1-6-4-7(10-12-6)8-5-11-3-2-9-8/h4,8-9H,2-3,5H2,1H3. The van der Waals surface area contributed by atoms with Crippen LogP contribution in [0.5, 0.6) is 0 Å². The van der Waals surface area contributed by atoms with Gasteiger partial charge in [0.15, 0.2) is 0 Å². The molecule has 1 unspecified atom stereocenters. The summed E-state index contributed by atoms with van der Waals surface area (Å²) in [7, 11) is 0. The zero-order chi connectivity index (χ0) is 8.39. The van der Waals surface area contributed by atoms with E-state index in [0.717, 1.165) is 24.6 Å². The summed E-state index contributed by atoms with van der Waals surface area (Å²) in [4.78, 5) is 0. The van der Waals surface area contributed by atoms with Crippen LogP contribution in [0.4, 0.5) is 0 Å². The molecule has 0 aromatic carbocycles. The Bertz CT molecular complexity index is 253. The maximum absolute atomic E-state index is 5.30. The van der Waals surface area contributed by atoms with Crippen molar-refractivity contribution in [1.82, 2.24) is 10.5 Å². The van der Waals surface area contributed by atoms with Crippen molar-refractivity contribution in [2.24, 2.45) is 0 Å². The molecule has 1 N–H and O–H groups in total. The van der Waals surface area contributed by atoms with Gasteiger partial charge in [-0.2, -0.15) is 0 Å². The zero-order valence-corrected chi connectivity index (χ0v) is 7.04. The number of morpholine rings is 1. The summed E-state index contributed by atoms with van der Waals surface area (Å²) in [6.45, 7) is 4.25. The van der Waals surface area contributed by atoms with Gasteiger partial charge in [-0.25, -0.2) is 0 Å². The Morgan fingerprint density at radius 1 is 1.67 bits per heavy atom. The Morgan fingerprint density at radius 2 is 2.58 bits per heavy atom. The van der Waals surface area contributed by atoms with Crippen molar-refractivity contribution < 1.29 is 9.26 Å². The van der Waals surface area contributed by atoms with Crippen LogP contribution in [0.15, 0.2) is 10.6 Å². The van der Waals surface area contributed by atoms with Crippen LogP contribution in [-0.4, -0.2) is 24.9 Å². The minimum Gasteiger partial charge on any atom is -0.378 e. The predicted octanol–water partition coefficient (Wildman–Crippen LogP) is 0.644. The first-order chi connectivity index (χ1) is 5.86. The average Bonchev–Trinajstić information content (AvgIpc) is 2.54.